The minimum atomic E-state index is -4.41. The van der Waals surface area contributed by atoms with Crippen LogP contribution < -0.4 is 10.6 Å². The number of anilines is 2. The van der Waals surface area contributed by atoms with E-state index < -0.39 is 11.7 Å². The molecule has 5 aromatic rings. The molecule has 8 heteroatoms. The summed E-state index contributed by atoms with van der Waals surface area (Å²) in [5.41, 5.74) is 5.02. The maximum absolute atomic E-state index is 13.0. The Morgan fingerprint density at radius 1 is 0.778 bits per heavy atom. The summed E-state index contributed by atoms with van der Waals surface area (Å²) in [6, 6.07) is 25.6. The van der Waals surface area contributed by atoms with E-state index in [9.17, 15) is 18.0 Å². The summed E-state index contributed by atoms with van der Waals surface area (Å²) in [7, 11) is 0. The first-order valence-corrected chi connectivity index (χ1v) is 11.2. The minimum absolute atomic E-state index is 0.326. The van der Waals surface area contributed by atoms with Crippen molar-refractivity contribution >= 4 is 28.4 Å². The number of hydrogen-bond donors (Lipinski definition) is 3. The molecule has 3 N–H and O–H groups in total. The lowest BCUT2D eigenvalue weighted by Crippen LogP contribution is -2.19. The van der Waals surface area contributed by atoms with E-state index in [-0.39, 0.29) is 6.03 Å². The van der Waals surface area contributed by atoms with Crippen LogP contribution in [0.15, 0.2) is 91.0 Å². The zero-order valence-electron chi connectivity index (χ0n) is 19.1. The first-order valence-electron chi connectivity index (χ1n) is 11.2. The molecule has 0 radical (unpaired) electrons. The summed E-state index contributed by atoms with van der Waals surface area (Å²) in [5, 5.41) is 5.66. The van der Waals surface area contributed by atoms with E-state index in [1.807, 2.05) is 73.7 Å². The van der Waals surface area contributed by atoms with Gasteiger partial charge in [0.15, 0.2) is 0 Å². The van der Waals surface area contributed by atoms with Gasteiger partial charge >= 0.3 is 12.2 Å². The number of carbonyl (C=O) groups excluding carboxylic acids is 1. The van der Waals surface area contributed by atoms with Crippen LogP contribution in [-0.2, 0) is 6.18 Å². The van der Waals surface area contributed by atoms with Gasteiger partial charge in [0.25, 0.3) is 0 Å². The fraction of sp³-hybridized carbons (Fsp3) is 0.0714. The van der Waals surface area contributed by atoms with Crippen molar-refractivity contribution in [3.63, 3.8) is 0 Å². The summed E-state index contributed by atoms with van der Waals surface area (Å²) < 4.78 is 39.0. The number of urea groups is 1. The smallest absolute Gasteiger partial charge is 0.338 e. The number of alkyl halides is 3. The first kappa shape index (κ1) is 23.2. The van der Waals surface area contributed by atoms with Crippen molar-refractivity contribution in [2.45, 2.75) is 13.1 Å². The molecular weight excluding hydrogens is 465 g/mol. The van der Waals surface area contributed by atoms with Crippen LogP contribution in [0.2, 0.25) is 0 Å². The summed E-state index contributed by atoms with van der Waals surface area (Å²) in [6.07, 6.45) is -4.41. The monoisotopic (exact) mass is 486 g/mol. The second-order valence-electron chi connectivity index (χ2n) is 8.42. The number of aromatic amines is 1. The Kier molecular flexibility index (Phi) is 5.93. The molecule has 0 atom stereocenters. The van der Waals surface area contributed by atoms with Crippen molar-refractivity contribution in [2.24, 2.45) is 0 Å². The summed E-state index contributed by atoms with van der Waals surface area (Å²) in [4.78, 5) is 19.8. The lowest BCUT2D eigenvalue weighted by molar-refractivity contribution is -0.137. The third-order valence-corrected chi connectivity index (χ3v) is 5.70. The lowest BCUT2D eigenvalue weighted by Gasteiger charge is -2.10. The van der Waals surface area contributed by atoms with Crippen LogP contribution in [0.5, 0.6) is 0 Å². The van der Waals surface area contributed by atoms with Crippen molar-refractivity contribution in [1.82, 2.24) is 9.97 Å². The van der Waals surface area contributed by atoms with Gasteiger partial charge in [-0.05, 0) is 66.1 Å². The number of rotatable bonds is 4. The Morgan fingerprint density at radius 2 is 1.44 bits per heavy atom. The van der Waals surface area contributed by atoms with Crippen LogP contribution in [-0.4, -0.2) is 16.0 Å². The van der Waals surface area contributed by atoms with E-state index in [4.69, 9.17) is 0 Å². The molecule has 5 rings (SSSR count). The van der Waals surface area contributed by atoms with E-state index in [0.29, 0.717) is 28.2 Å². The number of nitrogens with zero attached hydrogens (tertiary/aromatic N) is 1. The van der Waals surface area contributed by atoms with Gasteiger partial charge in [0.1, 0.15) is 5.82 Å². The van der Waals surface area contributed by atoms with Gasteiger partial charge in [-0.1, -0.05) is 48.5 Å². The quantitative estimate of drug-likeness (QED) is 0.242. The predicted octanol–water partition coefficient (Wildman–Crippen LogP) is 7.87. The number of H-pyrrole nitrogens is 1. The number of halogens is 3. The number of aryl methyl sites for hydroxylation is 1. The van der Waals surface area contributed by atoms with Crippen LogP contribution in [0.25, 0.3) is 33.5 Å². The van der Waals surface area contributed by atoms with E-state index in [2.05, 4.69) is 20.6 Å². The van der Waals surface area contributed by atoms with Gasteiger partial charge in [0, 0.05) is 16.9 Å². The van der Waals surface area contributed by atoms with Crippen LogP contribution >= 0.6 is 0 Å². The number of fused-ring (bicyclic) bond motifs is 1. The third-order valence-electron chi connectivity index (χ3n) is 5.70. The van der Waals surface area contributed by atoms with E-state index in [1.54, 1.807) is 6.07 Å². The molecule has 0 spiro atoms. The number of hydrogen-bond acceptors (Lipinski definition) is 2. The lowest BCUT2D eigenvalue weighted by atomic mass is 10.0. The molecule has 36 heavy (non-hydrogen) atoms. The highest BCUT2D eigenvalue weighted by atomic mass is 19.4. The summed E-state index contributed by atoms with van der Waals surface area (Å²) in [6.45, 7) is 1.95. The standard InChI is InChI=1S/C28H21F3N4O/c1-17-4-2-6-22(14-17)32-27(36)33-23-7-3-5-20(15-23)18-8-10-19(11-9-18)26-34-24-13-12-21(28(29,30)31)16-25(24)35-26/h2-16H,1H3,(H,34,35)(H2,32,33,36). The van der Waals surface area contributed by atoms with E-state index >= 15 is 0 Å². The zero-order chi connectivity index (χ0) is 25.3. The normalized spacial score (nSPS) is 11.4. The highest BCUT2D eigenvalue weighted by molar-refractivity contribution is 6.00. The molecule has 0 bridgehead atoms. The third kappa shape index (κ3) is 5.07. The molecule has 1 heterocycles. The Morgan fingerprint density at radius 3 is 2.14 bits per heavy atom. The highest BCUT2D eigenvalue weighted by Crippen LogP contribution is 2.32. The Bertz CT molecular complexity index is 1560. The number of imidazole rings is 1. The zero-order valence-corrected chi connectivity index (χ0v) is 19.1. The fourth-order valence-corrected chi connectivity index (χ4v) is 3.94. The second kappa shape index (κ2) is 9.22. The molecule has 0 fully saturated rings. The van der Waals surface area contributed by atoms with Gasteiger partial charge in [0.2, 0.25) is 0 Å². The molecule has 5 nitrogen and oxygen atoms in total. The number of benzene rings is 4. The molecule has 0 saturated carbocycles. The highest BCUT2D eigenvalue weighted by Gasteiger charge is 2.30. The Balaban J connectivity index is 1.32. The number of amides is 2. The van der Waals surface area contributed by atoms with Gasteiger partial charge in [-0.3, -0.25) is 0 Å². The first-order chi connectivity index (χ1) is 17.2. The maximum Gasteiger partial charge on any atom is 0.416 e. The Hall–Kier alpha value is -4.59. The van der Waals surface area contributed by atoms with E-state index in [0.717, 1.165) is 34.4 Å². The van der Waals surface area contributed by atoms with Crippen LogP contribution in [0, 0.1) is 6.92 Å². The van der Waals surface area contributed by atoms with Crippen LogP contribution in [0.4, 0.5) is 29.3 Å². The molecule has 0 aliphatic carbocycles. The van der Waals surface area contributed by atoms with Crippen molar-refractivity contribution in [2.75, 3.05) is 10.6 Å². The summed E-state index contributed by atoms with van der Waals surface area (Å²) in [5.74, 6) is 0.485. The van der Waals surface area contributed by atoms with Gasteiger partial charge in [-0.2, -0.15) is 13.2 Å². The molecule has 0 aliphatic rings. The molecule has 4 aromatic carbocycles. The number of nitrogens with one attached hydrogen (secondary N) is 3. The number of carbonyl (C=O) groups is 1. The fourth-order valence-electron chi connectivity index (χ4n) is 3.94. The minimum Gasteiger partial charge on any atom is -0.338 e. The summed E-state index contributed by atoms with van der Waals surface area (Å²) >= 11 is 0. The topological polar surface area (TPSA) is 69.8 Å². The molecular formula is C28H21F3N4O. The molecule has 0 aliphatic heterocycles. The van der Waals surface area contributed by atoms with Gasteiger partial charge in [0.05, 0.1) is 16.6 Å². The van der Waals surface area contributed by atoms with Gasteiger partial charge in [-0.25, -0.2) is 9.78 Å². The van der Waals surface area contributed by atoms with Crippen molar-refractivity contribution in [3.05, 3.63) is 102 Å². The van der Waals surface area contributed by atoms with Crippen LogP contribution in [0.1, 0.15) is 11.1 Å². The molecule has 2 amide bonds. The molecule has 0 saturated heterocycles. The SMILES string of the molecule is Cc1cccc(NC(=O)Nc2cccc(-c3ccc(-c4nc5ccc(C(F)(F)F)cc5[nH]4)cc3)c2)c1. The largest absolute Gasteiger partial charge is 0.416 e. The van der Waals surface area contributed by atoms with Gasteiger partial charge in [-0.15, -0.1) is 0 Å². The molecule has 1 aromatic heterocycles. The van der Waals surface area contributed by atoms with Crippen molar-refractivity contribution in [3.8, 4) is 22.5 Å². The predicted molar refractivity (Wildman–Crippen MR) is 136 cm³/mol. The average Bonchev–Trinajstić information content (AvgIpc) is 3.27. The molecule has 0 unspecified atom stereocenters. The number of aromatic nitrogens is 2. The van der Waals surface area contributed by atoms with Crippen molar-refractivity contribution < 1.29 is 18.0 Å². The maximum atomic E-state index is 13.0. The average molecular weight is 486 g/mol. The Labute approximate surface area is 205 Å². The van der Waals surface area contributed by atoms with Crippen LogP contribution in [0.3, 0.4) is 0 Å². The van der Waals surface area contributed by atoms with E-state index in [1.165, 1.54) is 6.07 Å². The van der Waals surface area contributed by atoms with Gasteiger partial charge < -0.3 is 15.6 Å². The van der Waals surface area contributed by atoms with Crippen molar-refractivity contribution in [1.29, 1.82) is 0 Å². The molecule has 180 valence electrons. The second-order valence-corrected chi connectivity index (χ2v) is 8.42.